The van der Waals surface area contributed by atoms with Crippen LogP contribution in [0.15, 0.2) is 53.2 Å². The number of anilines is 2. The van der Waals surface area contributed by atoms with E-state index in [9.17, 15) is 14.7 Å². The van der Waals surface area contributed by atoms with Crippen molar-refractivity contribution in [2.24, 2.45) is 5.92 Å². The SMILES string of the molecule is Cc1noc(C)c1C(=O)NC(Cc1ccc(N2CCC(CNc3ccccn3)CC2)cc1)C(=O)O. The van der Waals surface area contributed by atoms with Gasteiger partial charge in [0, 0.05) is 37.9 Å². The number of aromatic nitrogens is 2. The number of rotatable bonds is 9. The first kappa shape index (κ1) is 24.3. The van der Waals surface area contributed by atoms with E-state index in [0.29, 0.717) is 17.4 Å². The lowest BCUT2D eigenvalue weighted by molar-refractivity contribution is -0.139. The van der Waals surface area contributed by atoms with Crippen molar-refractivity contribution in [3.8, 4) is 0 Å². The minimum atomic E-state index is -1.09. The predicted octanol–water partition coefficient (Wildman–Crippen LogP) is 3.44. The van der Waals surface area contributed by atoms with Gasteiger partial charge in [-0.25, -0.2) is 9.78 Å². The van der Waals surface area contributed by atoms with E-state index < -0.39 is 17.9 Å². The average Bonchev–Trinajstić information content (AvgIpc) is 3.21. The fraction of sp³-hybridized carbons (Fsp3) is 0.385. The van der Waals surface area contributed by atoms with Crippen LogP contribution in [0.5, 0.6) is 0 Å². The number of amides is 1. The number of hydrogen-bond acceptors (Lipinski definition) is 7. The molecule has 0 bridgehead atoms. The summed E-state index contributed by atoms with van der Waals surface area (Å²) in [6, 6.07) is 12.7. The molecule has 3 aromatic rings. The number of nitrogens with one attached hydrogen (secondary N) is 2. The van der Waals surface area contributed by atoms with Crippen LogP contribution < -0.4 is 15.5 Å². The molecule has 1 fully saturated rings. The average molecular weight is 478 g/mol. The van der Waals surface area contributed by atoms with Crippen molar-refractivity contribution >= 4 is 23.4 Å². The van der Waals surface area contributed by atoms with Crippen molar-refractivity contribution in [1.29, 1.82) is 0 Å². The monoisotopic (exact) mass is 477 g/mol. The van der Waals surface area contributed by atoms with Crippen LogP contribution in [-0.4, -0.2) is 52.8 Å². The highest BCUT2D eigenvalue weighted by Crippen LogP contribution is 2.24. The summed E-state index contributed by atoms with van der Waals surface area (Å²) < 4.78 is 5.02. The molecule has 1 saturated heterocycles. The van der Waals surface area contributed by atoms with Gasteiger partial charge in [-0.1, -0.05) is 23.4 Å². The van der Waals surface area contributed by atoms with Gasteiger partial charge in [0.15, 0.2) is 0 Å². The maximum atomic E-state index is 12.6. The van der Waals surface area contributed by atoms with E-state index in [-0.39, 0.29) is 12.0 Å². The van der Waals surface area contributed by atoms with Gasteiger partial charge in [0.05, 0.1) is 5.69 Å². The maximum absolute atomic E-state index is 12.6. The van der Waals surface area contributed by atoms with Gasteiger partial charge in [-0.2, -0.15) is 0 Å². The van der Waals surface area contributed by atoms with E-state index in [1.165, 1.54) is 0 Å². The number of carboxylic acids is 1. The van der Waals surface area contributed by atoms with Gasteiger partial charge in [-0.3, -0.25) is 4.79 Å². The van der Waals surface area contributed by atoms with Crippen LogP contribution in [0.3, 0.4) is 0 Å². The highest BCUT2D eigenvalue weighted by atomic mass is 16.5. The Labute approximate surface area is 204 Å². The van der Waals surface area contributed by atoms with Crippen molar-refractivity contribution < 1.29 is 19.2 Å². The molecule has 2 aromatic heterocycles. The van der Waals surface area contributed by atoms with Crippen LogP contribution in [0, 0.1) is 19.8 Å². The molecule has 1 atom stereocenters. The summed E-state index contributed by atoms with van der Waals surface area (Å²) in [6.07, 6.45) is 4.17. The molecule has 1 aromatic carbocycles. The number of nitrogens with zero attached hydrogens (tertiary/aromatic N) is 3. The van der Waals surface area contributed by atoms with E-state index in [1.54, 1.807) is 20.0 Å². The molecule has 0 saturated carbocycles. The number of aryl methyl sites for hydroxylation is 2. The standard InChI is InChI=1S/C26H31N5O4/c1-17-24(18(2)35-30-17)25(32)29-22(26(33)34)15-19-6-8-21(9-7-19)31-13-10-20(11-14-31)16-28-23-5-3-4-12-27-23/h3-9,12,20,22H,10-11,13-16H2,1-2H3,(H,27,28)(H,29,32)(H,33,34). The Morgan fingerprint density at radius 2 is 1.89 bits per heavy atom. The number of aliphatic carboxylic acids is 1. The molecule has 3 heterocycles. The van der Waals surface area contributed by atoms with Gasteiger partial charge < -0.3 is 25.2 Å². The normalized spacial score (nSPS) is 15.0. The molecule has 184 valence electrons. The van der Waals surface area contributed by atoms with Gasteiger partial charge in [0.25, 0.3) is 5.91 Å². The number of carboxylic acid groups (broad SMARTS) is 1. The molecule has 1 aliphatic rings. The summed E-state index contributed by atoms with van der Waals surface area (Å²) in [5.41, 5.74) is 2.68. The third-order valence-corrected chi connectivity index (χ3v) is 6.46. The Morgan fingerprint density at radius 1 is 1.14 bits per heavy atom. The lowest BCUT2D eigenvalue weighted by Crippen LogP contribution is -2.42. The molecule has 3 N–H and O–H groups in total. The molecular weight excluding hydrogens is 446 g/mol. The van der Waals surface area contributed by atoms with E-state index >= 15 is 0 Å². The van der Waals surface area contributed by atoms with Gasteiger partial charge in [-0.05, 0) is 62.4 Å². The molecule has 1 amide bonds. The van der Waals surface area contributed by atoms with E-state index in [1.807, 2.05) is 42.5 Å². The van der Waals surface area contributed by atoms with Crippen LogP contribution in [0.2, 0.25) is 0 Å². The van der Waals surface area contributed by atoms with E-state index in [0.717, 1.165) is 49.5 Å². The maximum Gasteiger partial charge on any atom is 0.326 e. The molecule has 4 rings (SSSR count). The number of carbonyl (C=O) groups excluding carboxylic acids is 1. The highest BCUT2D eigenvalue weighted by molar-refractivity contribution is 5.98. The third-order valence-electron chi connectivity index (χ3n) is 6.46. The number of hydrogen-bond donors (Lipinski definition) is 3. The van der Waals surface area contributed by atoms with Crippen LogP contribution in [0.25, 0.3) is 0 Å². The van der Waals surface area contributed by atoms with Gasteiger partial charge in [0.1, 0.15) is 23.2 Å². The molecule has 35 heavy (non-hydrogen) atoms. The number of carbonyl (C=O) groups is 2. The van der Waals surface area contributed by atoms with Gasteiger partial charge >= 0.3 is 5.97 Å². The number of benzene rings is 1. The first-order valence-electron chi connectivity index (χ1n) is 11.9. The summed E-state index contributed by atoms with van der Waals surface area (Å²) >= 11 is 0. The fourth-order valence-electron chi connectivity index (χ4n) is 4.43. The van der Waals surface area contributed by atoms with Crippen LogP contribution in [-0.2, 0) is 11.2 Å². The summed E-state index contributed by atoms with van der Waals surface area (Å²) in [7, 11) is 0. The molecule has 9 heteroatoms. The summed E-state index contributed by atoms with van der Waals surface area (Å²) in [4.78, 5) is 31.0. The Morgan fingerprint density at radius 3 is 2.49 bits per heavy atom. The first-order valence-corrected chi connectivity index (χ1v) is 11.9. The topological polar surface area (TPSA) is 121 Å². The second-order valence-electron chi connectivity index (χ2n) is 8.96. The van der Waals surface area contributed by atoms with Crippen molar-refractivity contribution in [3.05, 3.63) is 71.2 Å². The molecule has 1 unspecified atom stereocenters. The molecule has 0 radical (unpaired) electrons. The summed E-state index contributed by atoms with van der Waals surface area (Å²) in [6.45, 7) is 6.14. The second kappa shape index (κ2) is 11.0. The second-order valence-corrected chi connectivity index (χ2v) is 8.96. The molecule has 1 aliphatic heterocycles. The molecule has 9 nitrogen and oxygen atoms in total. The smallest absolute Gasteiger partial charge is 0.326 e. The van der Waals surface area contributed by atoms with E-state index in [4.69, 9.17) is 4.52 Å². The van der Waals surface area contributed by atoms with Crippen molar-refractivity contribution in [3.63, 3.8) is 0 Å². The lowest BCUT2D eigenvalue weighted by Gasteiger charge is -2.34. The highest BCUT2D eigenvalue weighted by Gasteiger charge is 2.25. The van der Waals surface area contributed by atoms with Crippen molar-refractivity contribution in [2.75, 3.05) is 29.9 Å². The molecule has 0 aliphatic carbocycles. The Hall–Kier alpha value is -3.88. The minimum Gasteiger partial charge on any atom is -0.480 e. The number of pyridine rings is 1. The lowest BCUT2D eigenvalue weighted by atomic mass is 9.96. The largest absolute Gasteiger partial charge is 0.480 e. The third kappa shape index (κ3) is 6.17. The zero-order chi connectivity index (χ0) is 24.8. The summed E-state index contributed by atoms with van der Waals surface area (Å²) in [5, 5.41) is 19.4. The molecule has 0 spiro atoms. The summed E-state index contributed by atoms with van der Waals surface area (Å²) in [5.74, 6) is 0.296. The number of piperidine rings is 1. The Kier molecular flexibility index (Phi) is 7.64. The zero-order valence-corrected chi connectivity index (χ0v) is 20.0. The van der Waals surface area contributed by atoms with Crippen LogP contribution >= 0.6 is 0 Å². The Balaban J connectivity index is 1.29. The predicted molar refractivity (Wildman–Crippen MR) is 133 cm³/mol. The quantitative estimate of drug-likeness (QED) is 0.429. The zero-order valence-electron chi connectivity index (χ0n) is 20.0. The van der Waals surface area contributed by atoms with Crippen molar-refractivity contribution in [1.82, 2.24) is 15.5 Å². The van der Waals surface area contributed by atoms with Crippen LogP contribution in [0.1, 0.15) is 40.2 Å². The fourth-order valence-corrected chi connectivity index (χ4v) is 4.43. The van der Waals surface area contributed by atoms with Gasteiger partial charge in [0.2, 0.25) is 0 Å². The Bertz CT molecular complexity index is 1120. The van der Waals surface area contributed by atoms with Crippen molar-refractivity contribution in [2.45, 2.75) is 39.2 Å². The molecular formula is C26H31N5O4. The van der Waals surface area contributed by atoms with Crippen LogP contribution in [0.4, 0.5) is 11.5 Å². The minimum absolute atomic E-state index is 0.187. The van der Waals surface area contributed by atoms with Gasteiger partial charge in [-0.15, -0.1) is 0 Å². The van der Waals surface area contributed by atoms with E-state index in [2.05, 4.69) is 25.7 Å². The first-order chi connectivity index (χ1) is 16.9.